The van der Waals surface area contributed by atoms with Crippen LogP contribution in [0.3, 0.4) is 0 Å². The van der Waals surface area contributed by atoms with Crippen LogP contribution in [0.4, 0.5) is 0 Å². The zero-order valence-corrected chi connectivity index (χ0v) is 16.2. The smallest absolute Gasteiger partial charge is 0.251 e. The molecule has 26 heavy (non-hydrogen) atoms. The summed E-state index contributed by atoms with van der Waals surface area (Å²) in [6.07, 6.45) is 3.62. The molecule has 0 spiro atoms. The van der Waals surface area contributed by atoms with Gasteiger partial charge in [-0.05, 0) is 48.9 Å². The van der Waals surface area contributed by atoms with Gasteiger partial charge in [-0.1, -0.05) is 32.9 Å². The summed E-state index contributed by atoms with van der Waals surface area (Å²) in [4.78, 5) is 27.0. The fraction of sp³-hybridized carbons (Fsp3) is 0.619. The largest absolute Gasteiger partial charge is 0.352 e. The number of fused-ring (bicyclic) bond motifs is 2. The van der Waals surface area contributed by atoms with Crippen LogP contribution < -0.4 is 10.6 Å². The highest BCUT2D eigenvalue weighted by molar-refractivity contribution is 5.94. The Morgan fingerprint density at radius 2 is 1.81 bits per heavy atom. The zero-order chi connectivity index (χ0) is 18.7. The first-order valence-corrected chi connectivity index (χ1v) is 9.77. The number of amides is 2. The van der Waals surface area contributed by atoms with Crippen LogP contribution in [0.5, 0.6) is 0 Å². The van der Waals surface area contributed by atoms with Crippen molar-refractivity contribution in [2.24, 2.45) is 0 Å². The van der Waals surface area contributed by atoms with Crippen molar-refractivity contribution in [2.45, 2.75) is 64.0 Å². The highest BCUT2D eigenvalue weighted by atomic mass is 16.2. The number of carbonyl (C=O) groups excluding carboxylic acids is 2. The van der Waals surface area contributed by atoms with Gasteiger partial charge in [-0.3, -0.25) is 9.59 Å². The molecule has 2 unspecified atom stereocenters. The van der Waals surface area contributed by atoms with Crippen molar-refractivity contribution in [2.75, 3.05) is 19.6 Å². The van der Waals surface area contributed by atoms with E-state index in [1.165, 1.54) is 5.56 Å². The van der Waals surface area contributed by atoms with Crippen molar-refractivity contribution < 1.29 is 9.59 Å². The molecule has 2 amide bonds. The first kappa shape index (κ1) is 18.9. The number of nitrogens with zero attached hydrogens (tertiary/aromatic N) is 1. The molecule has 2 saturated heterocycles. The van der Waals surface area contributed by atoms with Crippen LogP contribution in [0.1, 0.15) is 62.4 Å². The molecule has 2 fully saturated rings. The van der Waals surface area contributed by atoms with Gasteiger partial charge in [0.05, 0.1) is 0 Å². The molecule has 0 aromatic heterocycles. The molecule has 1 aromatic rings. The van der Waals surface area contributed by atoms with Gasteiger partial charge in [-0.25, -0.2) is 0 Å². The maximum absolute atomic E-state index is 12.6. The summed E-state index contributed by atoms with van der Waals surface area (Å²) in [5.41, 5.74) is 1.92. The van der Waals surface area contributed by atoms with Gasteiger partial charge in [-0.15, -0.1) is 0 Å². The van der Waals surface area contributed by atoms with Gasteiger partial charge >= 0.3 is 0 Å². The average molecular weight is 357 g/mol. The predicted octanol–water partition coefficient (Wildman–Crippen LogP) is 2.46. The van der Waals surface area contributed by atoms with Crippen LogP contribution in [-0.4, -0.2) is 48.4 Å². The van der Waals surface area contributed by atoms with Crippen molar-refractivity contribution in [3.8, 4) is 0 Å². The molecule has 5 nitrogen and oxygen atoms in total. The van der Waals surface area contributed by atoms with E-state index in [0.29, 0.717) is 30.6 Å². The van der Waals surface area contributed by atoms with Gasteiger partial charge in [0.2, 0.25) is 5.91 Å². The van der Waals surface area contributed by atoms with E-state index < -0.39 is 0 Å². The molecule has 5 heteroatoms. The molecule has 0 aliphatic carbocycles. The van der Waals surface area contributed by atoms with Crippen LogP contribution in [0.15, 0.2) is 24.3 Å². The average Bonchev–Trinajstić information content (AvgIpc) is 2.87. The van der Waals surface area contributed by atoms with E-state index in [1.54, 1.807) is 0 Å². The van der Waals surface area contributed by atoms with Crippen LogP contribution in [0.2, 0.25) is 0 Å². The lowest BCUT2D eigenvalue weighted by Gasteiger charge is -2.28. The number of benzene rings is 1. The number of rotatable bonds is 4. The number of hydrogen-bond acceptors (Lipinski definition) is 3. The van der Waals surface area contributed by atoms with Crippen molar-refractivity contribution in [3.63, 3.8) is 0 Å². The Kier molecular flexibility index (Phi) is 5.66. The summed E-state index contributed by atoms with van der Waals surface area (Å²) < 4.78 is 0. The normalized spacial score (nSPS) is 22.8. The van der Waals surface area contributed by atoms with Gasteiger partial charge in [0.25, 0.3) is 5.91 Å². The Morgan fingerprint density at radius 1 is 1.12 bits per heavy atom. The second-order valence-electron chi connectivity index (χ2n) is 8.51. The molecule has 2 bridgehead atoms. The fourth-order valence-electron chi connectivity index (χ4n) is 4.03. The highest BCUT2D eigenvalue weighted by Gasteiger charge is 2.37. The summed E-state index contributed by atoms with van der Waals surface area (Å²) in [7, 11) is 0. The third-order valence-corrected chi connectivity index (χ3v) is 5.58. The van der Waals surface area contributed by atoms with Gasteiger partial charge < -0.3 is 15.5 Å². The van der Waals surface area contributed by atoms with E-state index >= 15 is 0 Å². The number of carbonyl (C=O) groups is 2. The zero-order valence-electron chi connectivity index (χ0n) is 16.2. The number of hydrogen-bond donors (Lipinski definition) is 2. The topological polar surface area (TPSA) is 61.4 Å². The Hall–Kier alpha value is -1.88. The molecule has 2 aliphatic rings. The molecule has 0 radical (unpaired) electrons. The van der Waals surface area contributed by atoms with Crippen LogP contribution in [0.25, 0.3) is 0 Å². The second kappa shape index (κ2) is 7.78. The quantitative estimate of drug-likeness (QED) is 0.870. The van der Waals surface area contributed by atoms with E-state index in [4.69, 9.17) is 0 Å². The standard InChI is InChI=1S/C21H31N3O2/c1-21(2,3)16-6-4-15(5-7-16)20(26)23-13-11-19(25)24-17-8-9-18(24)14-22-12-10-17/h4-7,17-18,22H,8-14H2,1-3H3,(H,23,26). The Bertz CT molecular complexity index is 634. The molecular weight excluding hydrogens is 326 g/mol. The molecule has 2 atom stereocenters. The van der Waals surface area contributed by atoms with Crippen LogP contribution >= 0.6 is 0 Å². The van der Waals surface area contributed by atoms with Crippen LogP contribution in [-0.2, 0) is 10.2 Å². The monoisotopic (exact) mass is 357 g/mol. The molecule has 0 saturated carbocycles. The summed E-state index contributed by atoms with van der Waals surface area (Å²) >= 11 is 0. The molecule has 2 heterocycles. The number of nitrogens with one attached hydrogen (secondary N) is 2. The van der Waals surface area contributed by atoms with E-state index in [9.17, 15) is 9.59 Å². The minimum Gasteiger partial charge on any atom is -0.352 e. The highest BCUT2D eigenvalue weighted by Crippen LogP contribution is 2.28. The lowest BCUT2D eigenvalue weighted by molar-refractivity contribution is -0.133. The SMILES string of the molecule is CC(C)(C)c1ccc(C(=O)NCCC(=O)N2C3CCNCC2CC3)cc1. The maximum Gasteiger partial charge on any atom is 0.251 e. The van der Waals surface area contributed by atoms with Crippen molar-refractivity contribution in [1.29, 1.82) is 0 Å². The van der Waals surface area contributed by atoms with E-state index in [2.05, 4.69) is 36.3 Å². The predicted molar refractivity (Wildman–Crippen MR) is 103 cm³/mol. The minimum absolute atomic E-state index is 0.0722. The Labute approximate surface area is 156 Å². The maximum atomic E-state index is 12.6. The van der Waals surface area contributed by atoms with Gasteiger partial charge in [0.1, 0.15) is 0 Å². The Balaban J connectivity index is 1.50. The molecule has 1 aromatic carbocycles. The molecular formula is C21H31N3O2. The van der Waals surface area contributed by atoms with Crippen LogP contribution in [0, 0.1) is 0 Å². The van der Waals surface area contributed by atoms with E-state index in [0.717, 1.165) is 32.4 Å². The molecule has 3 rings (SSSR count). The third kappa shape index (κ3) is 4.26. The minimum atomic E-state index is -0.112. The second-order valence-corrected chi connectivity index (χ2v) is 8.51. The lowest BCUT2D eigenvalue weighted by atomic mass is 9.87. The van der Waals surface area contributed by atoms with Gasteiger partial charge in [0.15, 0.2) is 0 Å². The summed E-state index contributed by atoms with van der Waals surface area (Å²) in [6, 6.07) is 8.43. The Morgan fingerprint density at radius 3 is 2.50 bits per heavy atom. The summed E-state index contributed by atoms with van der Waals surface area (Å²) in [5, 5.41) is 6.30. The van der Waals surface area contributed by atoms with E-state index in [-0.39, 0.29) is 17.2 Å². The van der Waals surface area contributed by atoms with Gasteiger partial charge in [-0.2, -0.15) is 0 Å². The molecule has 142 valence electrons. The third-order valence-electron chi connectivity index (χ3n) is 5.58. The van der Waals surface area contributed by atoms with Crippen molar-refractivity contribution in [3.05, 3.63) is 35.4 Å². The first-order chi connectivity index (χ1) is 12.4. The summed E-state index contributed by atoms with van der Waals surface area (Å²) in [5.74, 6) is 0.0587. The summed E-state index contributed by atoms with van der Waals surface area (Å²) in [6.45, 7) is 8.74. The van der Waals surface area contributed by atoms with Crippen molar-refractivity contribution in [1.82, 2.24) is 15.5 Å². The molecule has 2 aliphatic heterocycles. The first-order valence-electron chi connectivity index (χ1n) is 9.77. The lowest BCUT2D eigenvalue weighted by Crippen LogP contribution is -2.43. The fourth-order valence-corrected chi connectivity index (χ4v) is 4.03. The molecule has 2 N–H and O–H groups in total. The van der Waals surface area contributed by atoms with Crippen molar-refractivity contribution >= 4 is 11.8 Å². The van der Waals surface area contributed by atoms with Gasteiger partial charge in [0, 0.05) is 37.2 Å². The van der Waals surface area contributed by atoms with E-state index in [1.807, 2.05) is 24.3 Å².